The molecule has 0 bridgehead atoms. The molecule has 0 heterocycles. The lowest BCUT2D eigenvalue weighted by Gasteiger charge is -2.31. The van der Waals surface area contributed by atoms with E-state index in [0.717, 1.165) is 0 Å². The fraction of sp³-hybridized carbons (Fsp3) is 0.276. The molecule has 6 nitrogen and oxygen atoms in total. The summed E-state index contributed by atoms with van der Waals surface area (Å²) in [5, 5.41) is 11.5. The maximum Gasteiger partial charge on any atom is 0.435 e. The number of amides is 2. The van der Waals surface area contributed by atoms with E-state index in [0.29, 0.717) is 17.7 Å². The second-order valence-corrected chi connectivity index (χ2v) is 9.90. The minimum Gasteiger partial charge on any atom is -0.494 e. The first-order valence-electron chi connectivity index (χ1n) is 12.5. The summed E-state index contributed by atoms with van der Waals surface area (Å²) in [6, 6.07) is 12.8. The van der Waals surface area contributed by atoms with Crippen LogP contribution >= 0.6 is 15.9 Å². The Balaban J connectivity index is 2.05. The van der Waals surface area contributed by atoms with Crippen LogP contribution in [0.5, 0.6) is 5.75 Å². The SMILES string of the molecule is CCc1cc(C(F)(C(F)(F)F)C(F)(F)F)cc(Br)c1NC(=O)c1cccc(N(CC)C(=O)c2ccc(C#N)cc2)c1OC. The highest BCUT2D eigenvalue weighted by atomic mass is 79.9. The molecular formula is C29H23BrF7N3O3. The van der Waals surface area contributed by atoms with Crippen LogP contribution in [0.1, 0.15) is 51.3 Å². The quantitative estimate of drug-likeness (QED) is 0.245. The van der Waals surface area contributed by atoms with Gasteiger partial charge in [0.05, 0.1) is 35.7 Å². The van der Waals surface area contributed by atoms with Crippen LogP contribution in [0.2, 0.25) is 0 Å². The number of hydrogen-bond donors (Lipinski definition) is 1. The van der Waals surface area contributed by atoms with E-state index < -0.39 is 39.9 Å². The smallest absolute Gasteiger partial charge is 0.435 e. The Morgan fingerprint density at radius 3 is 2.07 bits per heavy atom. The zero-order valence-corrected chi connectivity index (χ0v) is 24.3. The maximum atomic E-state index is 14.8. The Kier molecular flexibility index (Phi) is 9.80. The molecule has 0 spiro atoms. The molecule has 43 heavy (non-hydrogen) atoms. The van der Waals surface area contributed by atoms with E-state index in [9.17, 15) is 40.3 Å². The molecule has 3 rings (SSSR count). The van der Waals surface area contributed by atoms with E-state index in [4.69, 9.17) is 10.00 Å². The summed E-state index contributed by atoms with van der Waals surface area (Å²) in [7, 11) is 1.24. The van der Waals surface area contributed by atoms with Crippen LogP contribution in [0.25, 0.3) is 0 Å². The second kappa shape index (κ2) is 12.6. The molecule has 1 N–H and O–H groups in total. The van der Waals surface area contributed by atoms with Gasteiger partial charge in [-0.2, -0.15) is 31.6 Å². The first-order valence-corrected chi connectivity index (χ1v) is 13.3. The highest BCUT2D eigenvalue weighted by Crippen LogP contribution is 2.54. The predicted octanol–water partition coefficient (Wildman–Crippen LogP) is 8.10. The van der Waals surface area contributed by atoms with Gasteiger partial charge in [0.25, 0.3) is 11.8 Å². The summed E-state index contributed by atoms with van der Waals surface area (Å²) in [5.41, 5.74) is -7.09. The monoisotopic (exact) mass is 673 g/mol. The molecule has 0 saturated heterocycles. The predicted molar refractivity (Wildman–Crippen MR) is 148 cm³/mol. The summed E-state index contributed by atoms with van der Waals surface area (Å²) in [6.45, 7) is 3.21. The van der Waals surface area contributed by atoms with E-state index >= 15 is 0 Å². The van der Waals surface area contributed by atoms with E-state index in [1.807, 2.05) is 6.07 Å². The second-order valence-electron chi connectivity index (χ2n) is 9.05. The number of benzene rings is 3. The van der Waals surface area contributed by atoms with Crippen molar-refractivity contribution in [2.75, 3.05) is 23.9 Å². The van der Waals surface area contributed by atoms with Gasteiger partial charge in [-0.15, -0.1) is 0 Å². The fourth-order valence-electron chi connectivity index (χ4n) is 4.35. The lowest BCUT2D eigenvalue weighted by Crippen LogP contribution is -2.50. The number of hydrogen-bond acceptors (Lipinski definition) is 4. The Bertz CT molecular complexity index is 1550. The van der Waals surface area contributed by atoms with Crippen molar-refractivity contribution in [1.82, 2.24) is 0 Å². The molecular weight excluding hydrogens is 651 g/mol. The van der Waals surface area contributed by atoms with Crippen molar-refractivity contribution in [3.05, 3.63) is 86.9 Å². The van der Waals surface area contributed by atoms with Gasteiger partial charge in [0, 0.05) is 22.1 Å². The minimum absolute atomic E-state index is 0.0495. The molecule has 3 aromatic rings. The first-order chi connectivity index (χ1) is 20.0. The normalized spacial score (nSPS) is 12.0. The summed E-state index contributed by atoms with van der Waals surface area (Å²) in [4.78, 5) is 28.0. The zero-order chi connectivity index (χ0) is 32.3. The molecule has 0 saturated carbocycles. The van der Waals surface area contributed by atoms with E-state index in [-0.39, 0.29) is 46.8 Å². The number of ether oxygens (including phenoxy) is 1. The number of nitrogens with zero attached hydrogens (tertiary/aromatic N) is 2. The molecule has 0 radical (unpaired) electrons. The van der Waals surface area contributed by atoms with Crippen molar-refractivity contribution in [3.8, 4) is 11.8 Å². The maximum absolute atomic E-state index is 14.8. The van der Waals surface area contributed by atoms with Crippen molar-refractivity contribution in [2.45, 2.75) is 38.3 Å². The fourth-order valence-corrected chi connectivity index (χ4v) is 4.95. The molecule has 3 aromatic carbocycles. The van der Waals surface area contributed by atoms with Gasteiger partial charge in [0.1, 0.15) is 0 Å². The topological polar surface area (TPSA) is 82.4 Å². The summed E-state index contributed by atoms with van der Waals surface area (Å²) in [6.07, 6.45) is -12.8. The highest BCUT2D eigenvalue weighted by Gasteiger charge is 2.73. The van der Waals surface area contributed by atoms with Crippen LogP contribution in [0.15, 0.2) is 59.1 Å². The molecule has 0 aliphatic carbocycles. The molecule has 0 aromatic heterocycles. The Morgan fingerprint density at radius 2 is 1.58 bits per heavy atom. The average Bonchev–Trinajstić information content (AvgIpc) is 2.96. The van der Waals surface area contributed by atoms with Crippen molar-refractivity contribution >= 4 is 39.1 Å². The average molecular weight is 674 g/mol. The summed E-state index contributed by atoms with van der Waals surface area (Å²) >= 11 is 2.89. The van der Waals surface area contributed by atoms with Crippen molar-refractivity contribution in [1.29, 1.82) is 5.26 Å². The molecule has 0 fully saturated rings. The third-order valence-electron chi connectivity index (χ3n) is 6.53. The van der Waals surface area contributed by atoms with E-state index in [2.05, 4.69) is 21.2 Å². The number of anilines is 2. The van der Waals surface area contributed by atoms with Crippen molar-refractivity contribution in [2.24, 2.45) is 0 Å². The van der Waals surface area contributed by atoms with Crippen LogP contribution in [0, 0.1) is 11.3 Å². The minimum atomic E-state index is -6.31. The number of halogens is 8. The van der Waals surface area contributed by atoms with Gasteiger partial charge in [-0.25, -0.2) is 4.39 Å². The molecule has 228 valence electrons. The van der Waals surface area contributed by atoms with Crippen molar-refractivity contribution < 1.29 is 45.1 Å². The van der Waals surface area contributed by atoms with Gasteiger partial charge in [0.15, 0.2) is 5.75 Å². The lowest BCUT2D eigenvalue weighted by atomic mass is 9.91. The van der Waals surface area contributed by atoms with Crippen LogP contribution in [-0.2, 0) is 12.1 Å². The third kappa shape index (κ3) is 6.31. The standard InChI is InChI=1S/C29H23BrF7N3O3/c1-4-17-13-19(27(31,28(32,33)34)29(35,36)37)14-21(30)23(17)39-25(41)20-7-6-8-22(24(20)43-3)40(5-2)26(42)18-11-9-16(15-38)10-12-18/h6-14H,4-5H2,1-3H3,(H,39,41). The number of alkyl halides is 7. The van der Waals surface area contributed by atoms with Gasteiger partial charge in [-0.3, -0.25) is 9.59 Å². The number of carbonyl (C=O) groups excluding carboxylic acids is 2. The van der Waals surface area contributed by atoms with Crippen LogP contribution in [0.4, 0.5) is 42.1 Å². The Hall–Kier alpha value is -4.12. The highest BCUT2D eigenvalue weighted by molar-refractivity contribution is 9.10. The van der Waals surface area contributed by atoms with Gasteiger partial charge >= 0.3 is 18.0 Å². The number of carbonyl (C=O) groups is 2. The van der Waals surface area contributed by atoms with E-state index in [1.165, 1.54) is 61.4 Å². The number of para-hydroxylation sites is 1. The number of nitrogens with one attached hydrogen (secondary N) is 1. The molecule has 0 unspecified atom stereocenters. The largest absolute Gasteiger partial charge is 0.494 e. The Morgan fingerprint density at radius 1 is 0.977 bits per heavy atom. The Labute approximate surface area is 250 Å². The van der Waals surface area contributed by atoms with Gasteiger partial charge in [-0.05, 0) is 83.4 Å². The molecule has 14 heteroatoms. The van der Waals surface area contributed by atoms with Crippen LogP contribution in [0.3, 0.4) is 0 Å². The lowest BCUT2D eigenvalue weighted by molar-refractivity contribution is -0.348. The van der Waals surface area contributed by atoms with Gasteiger partial charge in [-0.1, -0.05) is 13.0 Å². The van der Waals surface area contributed by atoms with E-state index in [1.54, 1.807) is 6.92 Å². The van der Waals surface area contributed by atoms with Crippen LogP contribution < -0.4 is 15.0 Å². The van der Waals surface area contributed by atoms with Crippen molar-refractivity contribution in [3.63, 3.8) is 0 Å². The molecule has 2 amide bonds. The van der Waals surface area contributed by atoms with Gasteiger partial charge in [0.2, 0.25) is 0 Å². The first kappa shape index (κ1) is 33.4. The van der Waals surface area contributed by atoms with Crippen LogP contribution in [-0.4, -0.2) is 37.8 Å². The summed E-state index contributed by atoms with van der Waals surface area (Å²) in [5.74, 6) is -1.40. The molecule has 0 aliphatic rings. The number of methoxy groups -OCH3 is 1. The number of nitriles is 1. The third-order valence-corrected chi connectivity index (χ3v) is 7.15. The zero-order valence-electron chi connectivity index (χ0n) is 22.8. The number of aryl methyl sites for hydroxylation is 1. The molecule has 0 aliphatic heterocycles. The summed E-state index contributed by atoms with van der Waals surface area (Å²) < 4.78 is 100.0. The molecule has 0 atom stereocenters. The van der Waals surface area contributed by atoms with Gasteiger partial charge < -0.3 is 15.0 Å². The number of rotatable bonds is 8.